The fourth-order valence-corrected chi connectivity index (χ4v) is 3.46. The second-order valence-electron chi connectivity index (χ2n) is 5.33. The largest absolute Gasteiger partial charge is 0.300 e. The van der Waals surface area contributed by atoms with Crippen LogP contribution < -0.4 is 0 Å². The lowest BCUT2D eigenvalue weighted by molar-refractivity contribution is 0.0290. The number of benzene rings is 1. The van der Waals surface area contributed by atoms with Crippen molar-refractivity contribution in [1.29, 1.82) is 0 Å². The maximum Gasteiger partial charge on any atom is 0.0562 e. The van der Waals surface area contributed by atoms with Crippen LogP contribution in [0.25, 0.3) is 10.4 Å². The molecule has 0 spiro atoms. The topological polar surface area (TPSA) is 52.0 Å². The van der Waals surface area contributed by atoms with E-state index in [9.17, 15) is 0 Å². The van der Waals surface area contributed by atoms with Gasteiger partial charge in [-0.3, -0.25) is 4.90 Å². The molecule has 0 saturated carbocycles. The highest BCUT2D eigenvalue weighted by Crippen LogP contribution is 2.35. The van der Waals surface area contributed by atoms with E-state index < -0.39 is 0 Å². The van der Waals surface area contributed by atoms with Crippen LogP contribution in [0, 0.1) is 5.92 Å². The van der Waals surface area contributed by atoms with Crippen LogP contribution in [0.4, 0.5) is 0 Å². The van der Waals surface area contributed by atoms with Crippen molar-refractivity contribution in [1.82, 2.24) is 4.90 Å². The molecule has 3 aliphatic rings. The molecule has 94 valence electrons. The molecular formula is C14H18N4. The van der Waals surface area contributed by atoms with Crippen molar-refractivity contribution in [3.05, 3.63) is 46.3 Å². The smallest absolute Gasteiger partial charge is 0.0562 e. The van der Waals surface area contributed by atoms with Crippen LogP contribution in [0.5, 0.6) is 0 Å². The molecule has 0 aromatic heterocycles. The molecule has 4 nitrogen and oxygen atoms in total. The van der Waals surface area contributed by atoms with Crippen molar-refractivity contribution in [2.45, 2.75) is 31.3 Å². The first kappa shape index (κ1) is 11.6. The molecule has 0 amide bonds. The van der Waals surface area contributed by atoms with Crippen molar-refractivity contribution in [2.24, 2.45) is 11.0 Å². The second-order valence-corrected chi connectivity index (χ2v) is 5.33. The quantitative estimate of drug-likeness (QED) is 0.456. The third-order valence-electron chi connectivity index (χ3n) is 4.39. The van der Waals surface area contributed by atoms with Crippen molar-refractivity contribution in [2.75, 3.05) is 13.1 Å². The number of hydrogen-bond donors (Lipinski definition) is 0. The summed E-state index contributed by atoms with van der Waals surface area (Å²) in [6, 6.07) is 11.1. The highest BCUT2D eigenvalue weighted by molar-refractivity contribution is 5.17. The van der Waals surface area contributed by atoms with Gasteiger partial charge < -0.3 is 0 Å². The zero-order chi connectivity index (χ0) is 12.4. The average Bonchev–Trinajstić information content (AvgIpc) is 2.44. The van der Waals surface area contributed by atoms with Crippen LogP contribution in [0.15, 0.2) is 35.4 Å². The summed E-state index contributed by atoms with van der Waals surface area (Å²) in [6.45, 7) is 2.33. The van der Waals surface area contributed by atoms with Gasteiger partial charge in [-0.1, -0.05) is 35.4 Å². The first-order valence-corrected chi connectivity index (χ1v) is 6.70. The number of piperidine rings is 3. The van der Waals surface area contributed by atoms with Gasteiger partial charge in [0.25, 0.3) is 0 Å². The van der Waals surface area contributed by atoms with Gasteiger partial charge in [0.1, 0.15) is 0 Å². The molecular weight excluding hydrogens is 224 g/mol. The maximum absolute atomic E-state index is 8.77. The summed E-state index contributed by atoms with van der Waals surface area (Å²) in [5.41, 5.74) is 10.1. The van der Waals surface area contributed by atoms with Gasteiger partial charge in [0.15, 0.2) is 0 Å². The Kier molecular flexibility index (Phi) is 3.22. The van der Waals surface area contributed by atoms with Gasteiger partial charge in [-0.15, -0.1) is 0 Å². The van der Waals surface area contributed by atoms with Crippen LogP contribution in [0.3, 0.4) is 0 Å². The SMILES string of the molecule is [N-]=[N+]=NC1C2CCN(CC2)C1Cc1ccccc1. The standard InChI is InChI=1S/C14H18N4/c15-17-16-14-12-6-8-18(9-7-12)13(14)10-11-4-2-1-3-5-11/h1-5,12-14H,6-10H2. The number of fused-ring (bicyclic) bond motifs is 3. The molecule has 4 rings (SSSR count). The fourth-order valence-electron chi connectivity index (χ4n) is 3.46. The Morgan fingerprint density at radius 3 is 2.61 bits per heavy atom. The van der Waals surface area contributed by atoms with Gasteiger partial charge in [0.05, 0.1) is 6.04 Å². The minimum atomic E-state index is 0.165. The lowest BCUT2D eigenvalue weighted by Crippen LogP contribution is -2.57. The number of rotatable bonds is 3. The van der Waals surface area contributed by atoms with Crippen molar-refractivity contribution in [3.63, 3.8) is 0 Å². The van der Waals surface area contributed by atoms with Crippen molar-refractivity contribution < 1.29 is 0 Å². The van der Waals surface area contributed by atoms with E-state index in [-0.39, 0.29) is 6.04 Å². The number of nitrogens with zero attached hydrogens (tertiary/aromatic N) is 4. The van der Waals surface area contributed by atoms with Crippen molar-refractivity contribution in [3.8, 4) is 0 Å². The Morgan fingerprint density at radius 1 is 1.22 bits per heavy atom. The summed E-state index contributed by atoms with van der Waals surface area (Å²) < 4.78 is 0. The molecule has 0 radical (unpaired) electrons. The highest BCUT2D eigenvalue weighted by atomic mass is 15.3. The monoisotopic (exact) mass is 242 g/mol. The Labute approximate surface area is 107 Å². The first-order valence-electron chi connectivity index (χ1n) is 6.70. The molecule has 2 unspecified atom stereocenters. The molecule has 3 aliphatic heterocycles. The molecule has 3 saturated heterocycles. The maximum atomic E-state index is 8.77. The molecule has 1 aromatic rings. The Bertz CT molecular complexity index is 444. The van der Waals surface area contributed by atoms with E-state index in [1.54, 1.807) is 0 Å². The summed E-state index contributed by atoms with van der Waals surface area (Å²) in [4.78, 5) is 5.57. The first-order chi connectivity index (χ1) is 8.88. The average molecular weight is 242 g/mol. The summed E-state index contributed by atoms with van der Waals surface area (Å²) in [5.74, 6) is 0.597. The fraction of sp³-hybridized carbons (Fsp3) is 0.571. The summed E-state index contributed by atoms with van der Waals surface area (Å²) in [6.07, 6.45) is 3.38. The molecule has 2 bridgehead atoms. The van der Waals surface area contributed by atoms with Gasteiger partial charge in [0, 0.05) is 11.0 Å². The Balaban J connectivity index is 1.82. The molecule has 1 aromatic carbocycles. The van der Waals surface area contributed by atoms with Crippen LogP contribution in [0.2, 0.25) is 0 Å². The molecule has 3 heterocycles. The van der Waals surface area contributed by atoms with Crippen LogP contribution in [0.1, 0.15) is 18.4 Å². The van der Waals surface area contributed by atoms with E-state index in [1.807, 2.05) is 6.07 Å². The van der Waals surface area contributed by atoms with E-state index in [0.29, 0.717) is 12.0 Å². The lowest BCUT2D eigenvalue weighted by atomic mass is 9.77. The summed E-state index contributed by atoms with van der Waals surface area (Å²) in [7, 11) is 0. The van der Waals surface area contributed by atoms with Gasteiger partial charge in [-0.25, -0.2) is 0 Å². The van der Waals surface area contributed by atoms with Gasteiger partial charge in [0.2, 0.25) is 0 Å². The molecule has 4 heteroatoms. The van der Waals surface area contributed by atoms with E-state index in [4.69, 9.17) is 5.53 Å². The minimum absolute atomic E-state index is 0.165. The highest BCUT2D eigenvalue weighted by Gasteiger charge is 2.41. The summed E-state index contributed by atoms with van der Waals surface area (Å²) in [5, 5.41) is 4.08. The number of azide groups is 1. The van der Waals surface area contributed by atoms with Gasteiger partial charge in [-0.05, 0) is 49.4 Å². The molecule has 2 atom stereocenters. The zero-order valence-electron chi connectivity index (χ0n) is 10.4. The van der Waals surface area contributed by atoms with Crippen LogP contribution in [-0.2, 0) is 6.42 Å². The van der Waals surface area contributed by atoms with E-state index in [1.165, 1.54) is 31.5 Å². The van der Waals surface area contributed by atoms with Crippen molar-refractivity contribution >= 4 is 0 Å². The van der Waals surface area contributed by atoms with Crippen LogP contribution >= 0.6 is 0 Å². The molecule has 0 aliphatic carbocycles. The normalized spacial score (nSPS) is 34.0. The minimum Gasteiger partial charge on any atom is -0.300 e. The third-order valence-corrected chi connectivity index (χ3v) is 4.39. The number of hydrogen-bond acceptors (Lipinski definition) is 2. The second kappa shape index (κ2) is 5.01. The van der Waals surface area contributed by atoms with E-state index >= 15 is 0 Å². The van der Waals surface area contributed by atoms with Gasteiger partial charge >= 0.3 is 0 Å². The van der Waals surface area contributed by atoms with E-state index in [0.717, 1.165) is 6.42 Å². The van der Waals surface area contributed by atoms with Crippen LogP contribution in [-0.4, -0.2) is 30.1 Å². The molecule has 18 heavy (non-hydrogen) atoms. The van der Waals surface area contributed by atoms with Gasteiger partial charge in [-0.2, -0.15) is 0 Å². The predicted molar refractivity (Wildman–Crippen MR) is 71.2 cm³/mol. The molecule has 0 N–H and O–H groups in total. The predicted octanol–water partition coefficient (Wildman–Crippen LogP) is 3.00. The summed E-state index contributed by atoms with van der Waals surface area (Å²) >= 11 is 0. The Morgan fingerprint density at radius 2 is 1.94 bits per heavy atom. The third kappa shape index (κ3) is 2.09. The molecule has 3 fully saturated rings. The zero-order valence-corrected chi connectivity index (χ0v) is 10.4. The lowest BCUT2D eigenvalue weighted by Gasteiger charge is -2.49. The van der Waals surface area contributed by atoms with E-state index in [2.05, 4.69) is 39.2 Å². The Hall–Kier alpha value is -1.51.